The van der Waals surface area contributed by atoms with E-state index in [0.29, 0.717) is 6.04 Å². The van der Waals surface area contributed by atoms with Gasteiger partial charge in [0.15, 0.2) is 0 Å². The van der Waals surface area contributed by atoms with Crippen LogP contribution in [0.4, 0.5) is 0 Å². The van der Waals surface area contributed by atoms with Gasteiger partial charge in [0.1, 0.15) is 0 Å². The molecule has 2 bridgehead atoms. The minimum absolute atomic E-state index is 0.616. The van der Waals surface area contributed by atoms with Gasteiger partial charge in [-0.05, 0) is 55.3 Å². The van der Waals surface area contributed by atoms with Crippen LogP contribution >= 0.6 is 0 Å². The van der Waals surface area contributed by atoms with Crippen molar-refractivity contribution in [2.45, 2.75) is 70.8 Å². The van der Waals surface area contributed by atoms with Crippen LogP contribution in [-0.2, 0) is 0 Å². The normalized spacial score (nSPS) is 45.3. The van der Waals surface area contributed by atoms with Crippen molar-refractivity contribution in [1.29, 1.82) is 0 Å². The fourth-order valence-corrected chi connectivity index (χ4v) is 5.51. The van der Waals surface area contributed by atoms with Gasteiger partial charge in [-0.25, -0.2) is 0 Å². The fourth-order valence-electron chi connectivity index (χ4n) is 5.51. The maximum Gasteiger partial charge on any atom is 0.0272 e. The summed E-state index contributed by atoms with van der Waals surface area (Å²) < 4.78 is 0. The molecule has 3 saturated carbocycles. The molecule has 0 heterocycles. The Kier molecular flexibility index (Phi) is 3.95. The minimum atomic E-state index is 0.616. The third-order valence-electron chi connectivity index (χ3n) is 6.40. The van der Waals surface area contributed by atoms with E-state index in [1.54, 1.807) is 0 Å². The largest absolute Gasteiger partial charge is 0.271 e. The van der Waals surface area contributed by atoms with Crippen LogP contribution in [0.15, 0.2) is 0 Å². The summed E-state index contributed by atoms with van der Waals surface area (Å²) in [5.41, 5.74) is 3.26. The number of fused-ring (bicyclic) bond motifs is 2. The van der Waals surface area contributed by atoms with Crippen LogP contribution in [-0.4, -0.2) is 6.04 Å². The Morgan fingerprint density at radius 2 is 1.89 bits per heavy atom. The van der Waals surface area contributed by atoms with Crippen LogP contribution in [0.5, 0.6) is 0 Å². The molecular formula is C16H30N2. The quantitative estimate of drug-likeness (QED) is 0.592. The molecule has 18 heavy (non-hydrogen) atoms. The van der Waals surface area contributed by atoms with E-state index in [4.69, 9.17) is 5.84 Å². The zero-order chi connectivity index (χ0) is 12.5. The Balaban J connectivity index is 1.70. The van der Waals surface area contributed by atoms with E-state index in [2.05, 4.69) is 12.3 Å². The van der Waals surface area contributed by atoms with Gasteiger partial charge in [-0.1, -0.05) is 39.0 Å². The zero-order valence-corrected chi connectivity index (χ0v) is 11.9. The average Bonchev–Trinajstić information content (AvgIpc) is 3.03. The van der Waals surface area contributed by atoms with Gasteiger partial charge in [0.2, 0.25) is 0 Å². The molecule has 104 valence electrons. The standard InChI is InChI=1S/C16H30N2/c1-2-12-5-3-4-6-14(12)16(18-17)15-10-11-7-8-13(15)9-11/h11-16,18H,2-10,17H2,1H3. The lowest BCUT2D eigenvalue weighted by Crippen LogP contribution is -2.50. The summed E-state index contributed by atoms with van der Waals surface area (Å²) in [6.45, 7) is 2.37. The molecule has 6 unspecified atom stereocenters. The summed E-state index contributed by atoms with van der Waals surface area (Å²) >= 11 is 0. The molecule has 0 saturated heterocycles. The summed E-state index contributed by atoms with van der Waals surface area (Å²) in [4.78, 5) is 0. The average molecular weight is 250 g/mol. The van der Waals surface area contributed by atoms with Gasteiger partial charge in [-0.3, -0.25) is 11.3 Å². The molecule has 3 aliphatic rings. The molecule has 3 rings (SSSR count). The molecule has 6 atom stereocenters. The van der Waals surface area contributed by atoms with Crippen LogP contribution in [0.25, 0.3) is 0 Å². The van der Waals surface area contributed by atoms with E-state index in [-0.39, 0.29) is 0 Å². The van der Waals surface area contributed by atoms with Gasteiger partial charge in [0.25, 0.3) is 0 Å². The van der Waals surface area contributed by atoms with Crippen LogP contribution in [0.1, 0.15) is 64.7 Å². The van der Waals surface area contributed by atoms with Crippen LogP contribution in [0.3, 0.4) is 0 Å². The maximum atomic E-state index is 5.98. The first-order valence-electron chi connectivity index (χ1n) is 8.29. The molecule has 3 N–H and O–H groups in total. The van der Waals surface area contributed by atoms with Crippen molar-refractivity contribution in [3.63, 3.8) is 0 Å². The van der Waals surface area contributed by atoms with Gasteiger partial charge < -0.3 is 0 Å². The molecule has 0 aromatic rings. The van der Waals surface area contributed by atoms with Crippen molar-refractivity contribution in [1.82, 2.24) is 5.43 Å². The highest BCUT2D eigenvalue weighted by molar-refractivity contribution is 4.98. The molecule has 0 spiro atoms. The number of hydrazine groups is 1. The van der Waals surface area contributed by atoms with Crippen molar-refractivity contribution in [2.75, 3.05) is 0 Å². The number of rotatable bonds is 4. The smallest absolute Gasteiger partial charge is 0.0272 e. The molecule has 0 aliphatic heterocycles. The highest BCUT2D eigenvalue weighted by atomic mass is 15.2. The summed E-state index contributed by atoms with van der Waals surface area (Å²) in [5.74, 6) is 10.7. The van der Waals surface area contributed by atoms with Gasteiger partial charge >= 0.3 is 0 Å². The van der Waals surface area contributed by atoms with E-state index >= 15 is 0 Å². The third-order valence-corrected chi connectivity index (χ3v) is 6.40. The first kappa shape index (κ1) is 12.9. The summed E-state index contributed by atoms with van der Waals surface area (Å²) in [5, 5.41) is 0. The summed E-state index contributed by atoms with van der Waals surface area (Å²) in [6.07, 6.45) is 13.0. The van der Waals surface area contributed by atoms with Crippen molar-refractivity contribution >= 4 is 0 Å². The lowest BCUT2D eigenvalue weighted by molar-refractivity contribution is 0.111. The number of nitrogens with two attached hydrogens (primary N) is 1. The molecule has 0 aromatic heterocycles. The molecular weight excluding hydrogens is 220 g/mol. The SMILES string of the molecule is CCC1CCCCC1C(NN)C1CC2CCC1C2. The Morgan fingerprint density at radius 3 is 2.50 bits per heavy atom. The van der Waals surface area contributed by atoms with Gasteiger partial charge in [-0.2, -0.15) is 0 Å². The first-order valence-corrected chi connectivity index (χ1v) is 8.29. The lowest BCUT2D eigenvalue weighted by Gasteiger charge is -2.41. The third kappa shape index (κ3) is 2.22. The predicted molar refractivity (Wildman–Crippen MR) is 75.8 cm³/mol. The molecule has 2 heteroatoms. The number of nitrogens with one attached hydrogen (secondary N) is 1. The Hall–Kier alpha value is -0.0800. The Morgan fingerprint density at radius 1 is 1.06 bits per heavy atom. The van der Waals surface area contributed by atoms with Crippen LogP contribution in [0.2, 0.25) is 0 Å². The van der Waals surface area contributed by atoms with Crippen molar-refractivity contribution in [2.24, 2.45) is 35.4 Å². The number of hydrogen-bond acceptors (Lipinski definition) is 2. The molecule has 0 radical (unpaired) electrons. The number of hydrogen-bond donors (Lipinski definition) is 2. The van der Waals surface area contributed by atoms with Gasteiger partial charge in [0.05, 0.1) is 0 Å². The molecule has 2 nitrogen and oxygen atoms in total. The van der Waals surface area contributed by atoms with Crippen molar-refractivity contribution in [3.05, 3.63) is 0 Å². The van der Waals surface area contributed by atoms with Crippen molar-refractivity contribution < 1.29 is 0 Å². The molecule has 3 aliphatic carbocycles. The summed E-state index contributed by atoms with van der Waals surface area (Å²) in [7, 11) is 0. The summed E-state index contributed by atoms with van der Waals surface area (Å²) in [6, 6.07) is 0.616. The first-order chi connectivity index (χ1) is 8.83. The van der Waals surface area contributed by atoms with Gasteiger partial charge in [0, 0.05) is 6.04 Å². The second-order valence-electron chi connectivity index (χ2n) is 7.15. The highest BCUT2D eigenvalue weighted by Crippen LogP contribution is 2.52. The predicted octanol–water partition coefficient (Wildman–Crippen LogP) is 3.47. The molecule has 0 amide bonds. The fraction of sp³-hybridized carbons (Fsp3) is 1.00. The Bertz CT molecular complexity index is 278. The van der Waals surface area contributed by atoms with Gasteiger partial charge in [-0.15, -0.1) is 0 Å². The zero-order valence-electron chi connectivity index (χ0n) is 11.9. The van der Waals surface area contributed by atoms with Crippen molar-refractivity contribution in [3.8, 4) is 0 Å². The Labute approximate surface area is 112 Å². The van der Waals surface area contributed by atoms with E-state index < -0.39 is 0 Å². The monoisotopic (exact) mass is 250 g/mol. The van der Waals surface area contributed by atoms with E-state index in [0.717, 1.165) is 29.6 Å². The minimum Gasteiger partial charge on any atom is -0.271 e. The van der Waals surface area contributed by atoms with E-state index in [1.165, 1.54) is 57.8 Å². The maximum absolute atomic E-state index is 5.98. The van der Waals surface area contributed by atoms with Crippen LogP contribution < -0.4 is 11.3 Å². The topological polar surface area (TPSA) is 38.0 Å². The molecule has 3 fully saturated rings. The van der Waals surface area contributed by atoms with E-state index in [1.807, 2.05) is 0 Å². The second-order valence-corrected chi connectivity index (χ2v) is 7.15. The lowest BCUT2D eigenvalue weighted by atomic mass is 9.68. The van der Waals surface area contributed by atoms with E-state index in [9.17, 15) is 0 Å². The molecule has 0 aromatic carbocycles. The highest BCUT2D eigenvalue weighted by Gasteiger charge is 2.46. The van der Waals surface area contributed by atoms with Crippen LogP contribution in [0, 0.1) is 29.6 Å². The second kappa shape index (κ2) is 5.50.